The van der Waals surface area contributed by atoms with Gasteiger partial charge in [0.05, 0.1) is 11.0 Å². The zero-order valence-corrected chi connectivity index (χ0v) is 12.4. The maximum Gasteiger partial charge on any atom is 0.251 e. The lowest BCUT2D eigenvalue weighted by molar-refractivity contribution is 0.0954. The van der Waals surface area contributed by atoms with Crippen LogP contribution in [0.4, 0.5) is 0 Å². The minimum atomic E-state index is -0.0823. The molecule has 0 aliphatic carbocycles. The van der Waals surface area contributed by atoms with Gasteiger partial charge in [-0.05, 0) is 42.7 Å². The van der Waals surface area contributed by atoms with Gasteiger partial charge in [-0.1, -0.05) is 24.3 Å². The molecule has 0 spiro atoms. The molecule has 3 rings (SSSR count). The molecule has 1 aromatic heterocycles. The summed E-state index contributed by atoms with van der Waals surface area (Å²) in [6.45, 7) is 2.70. The third-order valence-electron chi connectivity index (χ3n) is 3.67. The Bertz CT molecular complexity index is 814. The molecule has 4 nitrogen and oxygen atoms in total. The lowest BCUT2D eigenvalue weighted by atomic mass is 10.1. The highest BCUT2D eigenvalue weighted by Gasteiger charge is 2.07. The summed E-state index contributed by atoms with van der Waals surface area (Å²) in [5.41, 5.74) is 4.63. The van der Waals surface area contributed by atoms with Gasteiger partial charge in [0.25, 0.3) is 5.91 Å². The minimum absolute atomic E-state index is 0.0823. The zero-order valence-electron chi connectivity index (χ0n) is 12.4. The Morgan fingerprint density at radius 1 is 1.05 bits per heavy atom. The van der Waals surface area contributed by atoms with Gasteiger partial charge in [-0.3, -0.25) is 14.8 Å². The van der Waals surface area contributed by atoms with Crippen LogP contribution in [-0.2, 0) is 6.42 Å². The maximum atomic E-state index is 12.2. The number of fused-ring (bicyclic) bond motifs is 1. The van der Waals surface area contributed by atoms with Crippen molar-refractivity contribution in [3.05, 3.63) is 71.5 Å². The topological polar surface area (TPSA) is 54.9 Å². The van der Waals surface area contributed by atoms with E-state index in [1.54, 1.807) is 24.5 Å². The summed E-state index contributed by atoms with van der Waals surface area (Å²) < 4.78 is 0. The largest absolute Gasteiger partial charge is 0.352 e. The number of amides is 1. The first-order chi connectivity index (χ1) is 10.7. The van der Waals surface area contributed by atoms with Crippen molar-refractivity contribution in [2.45, 2.75) is 13.3 Å². The lowest BCUT2D eigenvalue weighted by Gasteiger charge is -2.08. The maximum absolute atomic E-state index is 12.2. The van der Waals surface area contributed by atoms with Crippen molar-refractivity contribution >= 4 is 16.9 Å². The molecule has 0 fully saturated rings. The molecule has 0 atom stereocenters. The van der Waals surface area contributed by atoms with E-state index in [4.69, 9.17) is 0 Å². The first-order valence-electron chi connectivity index (χ1n) is 7.27. The van der Waals surface area contributed by atoms with Crippen LogP contribution in [0.1, 0.15) is 21.5 Å². The fraction of sp³-hybridized carbons (Fsp3) is 0.167. The molecule has 1 amide bonds. The van der Waals surface area contributed by atoms with Gasteiger partial charge in [-0.15, -0.1) is 0 Å². The fourth-order valence-electron chi connectivity index (χ4n) is 2.41. The summed E-state index contributed by atoms with van der Waals surface area (Å²) in [5.74, 6) is -0.0823. The van der Waals surface area contributed by atoms with E-state index in [1.165, 1.54) is 11.1 Å². The molecular weight excluding hydrogens is 274 g/mol. The van der Waals surface area contributed by atoms with Crippen molar-refractivity contribution in [1.82, 2.24) is 15.3 Å². The smallest absolute Gasteiger partial charge is 0.251 e. The fourth-order valence-corrected chi connectivity index (χ4v) is 2.41. The SMILES string of the molecule is Cc1ccccc1CCNC(=O)c1ccc2nccnc2c1. The van der Waals surface area contributed by atoms with E-state index in [0.29, 0.717) is 12.1 Å². The highest BCUT2D eigenvalue weighted by molar-refractivity contribution is 5.97. The van der Waals surface area contributed by atoms with Gasteiger partial charge in [0, 0.05) is 24.5 Å². The highest BCUT2D eigenvalue weighted by atomic mass is 16.1. The molecule has 0 unspecified atom stereocenters. The van der Waals surface area contributed by atoms with Crippen LogP contribution < -0.4 is 5.32 Å². The normalized spacial score (nSPS) is 10.6. The number of hydrogen-bond acceptors (Lipinski definition) is 3. The molecule has 0 radical (unpaired) electrons. The Labute approximate surface area is 129 Å². The van der Waals surface area contributed by atoms with Gasteiger partial charge < -0.3 is 5.32 Å². The van der Waals surface area contributed by atoms with Crippen LogP contribution in [0.25, 0.3) is 11.0 Å². The van der Waals surface area contributed by atoms with E-state index in [1.807, 2.05) is 18.2 Å². The monoisotopic (exact) mass is 291 g/mol. The number of carbonyl (C=O) groups excluding carboxylic acids is 1. The molecule has 22 heavy (non-hydrogen) atoms. The average Bonchev–Trinajstić information content (AvgIpc) is 2.56. The predicted molar refractivity (Wildman–Crippen MR) is 86.8 cm³/mol. The summed E-state index contributed by atoms with van der Waals surface area (Å²) in [4.78, 5) is 20.6. The molecule has 0 bridgehead atoms. The van der Waals surface area contributed by atoms with Gasteiger partial charge in [-0.25, -0.2) is 0 Å². The Kier molecular flexibility index (Phi) is 4.10. The Morgan fingerprint density at radius 3 is 2.64 bits per heavy atom. The first-order valence-corrected chi connectivity index (χ1v) is 7.27. The molecular formula is C18H17N3O. The van der Waals surface area contributed by atoms with Crippen molar-refractivity contribution in [1.29, 1.82) is 0 Å². The van der Waals surface area contributed by atoms with Gasteiger partial charge in [0.15, 0.2) is 0 Å². The summed E-state index contributed by atoms with van der Waals surface area (Å²) >= 11 is 0. The molecule has 0 saturated carbocycles. The van der Waals surface area contributed by atoms with E-state index >= 15 is 0 Å². The quantitative estimate of drug-likeness (QED) is 0.804. The number of hydrogen-bond donors (Lipinski definition) is 1. The molecule has 0 aliphatic rings. The first kappa shape index (κ1) is 14.2. The summed E-state index contributed by atoms with van der Waals surface area (Å²) in [7, 11) is 0. The Morgan fingerprint density at radius 2 is 1.82 bits per heavy atom. The number of nitrogens with zero attached hydrogens (tertiary/aromatic N) is 2. The second-order valence-electron chi connectivity index (χ2n) is 5.19. The number of aryl methyl sites for hydroxylation is 1. The van der Waals surface area contributed by atoms with Crippen LogP contribution in [-0.4, -0.2) is 22.4 Å². The average molecular weight is 291 g/mol. The summed E-state index contributed by atoms with van der Waals surface area (Å²) in [5, 5.41) is 2.95. The van der Waals surface area contributed by atoms with Gasteiger partial charge in [-0.2, -0.15) is 0 Å². The molecule has 3 aromatic rings. The number of rotatable bonds is 4. The van der Waals surface area contributed by atoms with Crippen LogP contribution >= 0.6 is 0 Å². The number of nitrogens with one attached hydrogen (secondary N) is 1. The standard InChI is InChI=1S/C18H17N3O/c1-13-4-2-3-5-14(13)8-9-21-18(22)15-6-7-16-17(12-15)20-11-10-19-16/h2-7,10-12H,8-9H2,1H3,(H,21,22). The van der Waals surface area contributed by atoms with Gasteiger partial charge in [0.2, 0.25) is 0 Å². The van der Waals surface area contributed by atoms with Crippen LogP contribution in [0.15, 0.2) is 54.9 Å². The third-order valence-corrected chi connectivity index (χ3v) is 3.67. The van der Waals surface area contributed by atoms with Crippen LogP contribution in [0.5, 0.6) is 0 Å². The van der Waals surface area contributed by atoms with Crippen LogP contribution in [0, 0.1) is 6.92 Å². The van der Waals surface area contributed by atoms with Crippen molar-refractivity contribution < 1.29 is 4.79 Å². The summed E-state index contributed by atoms with van der Waals surface area (Å²) in [6, 6.07) is 13.6. The van der Waals surface area contributed by atoms with E-state index in [0.717, 1.165) is 17.5 Å². The second-order valence-corrected chi connectivity index (χ2v) is 5.19. The third kappa shape index (κ3) is 3.11. The zero-order chi connectivity index (χ0) is 15.4. The number of aromatic nitrogens is 2. The second kappa shape index (κ2) is 6.35. The van der Waals surface area contributed by atoms with Crippen molar-refractivity contribution in [2.24, 2.45) is 0 Å². The molecule has 0 saturated heterocycles. The van der Waals surface area contributed by atoms with Crippen LogP contribution in [0.2, 0.25) is 0 Å². The molecule has 110 valence electrons. The molecule has 1 heterocycles. The van der Waals surface area contributed by atoms with Crippen molar-refractivity contribution in [3.63, 3.8) is 0 Å². The molecule has 4 heteroatoms. The van der Waals surface area contributed by atoms with E-state index in [-0.39, 0.29) is 5.91 Å². The molecule has 0 aliphatic heterocycles. The van der Waals surface area contributed by atoms with Crippen molar-refractivity contribution in [3.8, 4) is 0 Å². The van der Waals surface area contributed by atoms with E-state index in [2.05, 4.69) is 34.3 Å². The van der Waals surface area contributed by atoms with Gasteiger partial charge in [0.1, 0.15) is 0 Å². The van der Waals surface area contributed by atoms with Crippen molar-refractivity contribution in [2.75, 3.05) is 6.54 Å². The van der Waals surface area contributed by atoms with Gasteiger partial charge >= 0.3 is 0 Å². The Hall–Kier alpha value is -2.75. The minimum Gasteiger partial charge on any atom is -0.352 e. The predicted octanol–water partition coefficient (Wildman–Crippen LogP) is 2.91. The lowest BCUT2D eigenvalue weighted by Crippen LogP contribution is -2.25. The number of carbonyl (C=O) groups is 1. The summed E-state index contributed by atoms with van der Waals surface area (Å²) in [6.07, 6.45) is 4.10. The van der Waals surface area contributed by atoms with E-state index in [9.17, 15) is 4.79 Å². The highest BCUT2D eigenvalue weighted by Crippen LogP contribution is 2.11. The molecule has 1 N–H and O–H groups in total. The van der Waals surface area contributed by atoms with Crippen LogP contribution in [0.3, 0.4) is 0 Å². The Balaban J connectivity index is 1.65. The molecule has 2 aromatic carbocycles. The van der Waals surface area contributed by atoms with E-state index < -0.39 is 0 Å². The number of benzene rings is 2.